The number of rotatable bonds is 6. The van der Waals surface area contributed by atoms with Gasteiger partial charge in [-0.05, 0) is 29.8 Å². The molecule has 1 unspecified atom stereocenters. The summed E-state index contributed by atoms with van der Waals surface area (Å²) in [7, 11) is 1.59. The number of hydrogen-bond acceptors (Lipinski definition) is 8. The number of fused-ring (bicyclic) bond motifs is 1. The van der Waals surface area contributed by atoms with Crippen LogP contribution >= 0.6 is 11.8 Å². The molecule has 2 saturated heterocycles. The fraction of sp³-hybridized carbons (Fsp3) is 0.409. The number of hydrogen-bond donors (Lipinski definition) is 0. The lowest BCUT2D eigenvalue weighted by Crippen LogP contribution is -2.61. The predicted molar refractivity (Wildman–Crippen MR) is 116 cm³/mol. The highest BCUT2D eigenvalue weighted by Crippen LogP contribution is 2.41. The van der Waals surface area contributed by atoms with Crippen molar-refractivity contribution in [1.82, 2.24) is 0 Å². The van der Waals surface area contributed by atoms with Crippen LogP contribution in [0.5, 0.6) is 5.75 Å². The molecule has 10 heteroatoms. The maximum Gasteiger partial charge on any atom is 0.303 e. The fourth-order valence-electron chi connectivity index (χ4n) is 3.73. The lowest BCUT2D eigenvalue weighted by molar-refractivity contribution is -0.298. The van der Waals surface area contributed by atoms with Gasteiger partial charge in [-0.25, -0.2) is 0 Å². The number of methoxy groups -OCH3 is 1. The molecule has 0 aromatic heterocycles. The van der Waals surface area contributed by atoms with Crippen LogP contribution in [-0.4, -0.2) is 49.5 Å². The monoisotopic (exact) mass is 457 g/mol. The molecule has 2 aromatic carbocycles. The van der Waals surface area contributed by atoms with Gasteiger partial charge >= 0.3 is 5.97 Å². The normalized spacial score (nSPS) is 29.3. The van der Waals surface area contributed by atoms with Gasteiger partial charge in [0.25, 0.3) is 0 Å². The summed E-state index contributed by atoms with van der Waals surface area (Å²) >= 11 is 1.39. The third-order valence-electron chi connectivity index (χ3n) is 5.18. The molecule has 0 N–H and O–H groups in total. The van der Waals surface area contributed by atoms with E-state index in [-0.39, 0.29) is 6.61 Å². The van der Waals surface area contributed by atoms with Gasteiger partial charge < -0.3 is 23.7 Å². The Kier molecular flexibility index (Phi) is 7.19. The van der Waals surface area contributed by atoms with Crippen LogP contribution in [0.25, 0.3) is 10.4 Å². The van der Waals surface area contributed by atoms with Gasteiger partial charge in [0.15, 0.2) is 6.29 Å². The van der Waals surface area contributed by atoms with Gasteiger partial charge in [-0.15, -0.1) is 0 Å². The lowest BCUT2D eigenvalue weighted by Gasteiger charge is -2.47. The molecule has 0 saturated carbocycles. The molecule has 2 aromatic rings. The van der Waals surface area contributed by atoms with Crippen molar-refractivity contribution in [3.05, 3.63) is 70.6 Å². The van der Waals surface area contributed by atoms with Crippen LogP contribution in [0.1, 0.15) is 18.8 Å². The zero-order chi connectivity index (χ0) is 22.5. The molecule has 2 aliphatic rings. The van der Waals surface area contributed by atoms with Crippen molar-refractivity contribution in [1.29, 1.82) is 0 Å². The Morgan fingerprint density at radius 3 is 2.56 bits per heavy atom. The van der Waals surface area contributed by atoms with Crippen LogP contribution in [0.4, 0.5) is 0 Å². The fourth-order valence-corrected chi connectivity index (χ4v) is 4.86. The summed E-state index contributed by atoms with van der Waals surface area (Å²) in [6.45, 7) is 1.55. The molecule has 0 radical (unpaired) electrons. The standard InChI is InChI=1S/C22H23N3O6S/c1-13(26)29-20-18(24-25-23)19-17(30-22(20)32-16-6-4-3-5-7-16)12-28-21(31-19)14-8-10-15(27-2)11-9-14/h3-11,17-22H,12H2,1-2H3/t17-,18+,19+,20-,21?,22+/m1/s1. The average molecular weight is 458 g/mol. The van der Waals surface area contributed by atoms with Crippen molar-refractivity contribution in [2.45, 2.75) is 47.9 Å². The van der Waals surface area contributed by atoms with E-state index >= 15 is 0 Å². The number of azide groups is 1. The number of nitrogens with zero attached hydrogens (tertiary/aromatic N) is 3. The smallest absolute Gasteiger partial charge is 0.303 e. The van der Waals surface area contributed by atoms with Crippen LogP contribution in [0, 0.1) is 0 Å². The van der Waals surface area contributed by atoms with Crippen molar-refractivity contribution >= 4 is 17.7 Å². The molecule has 168 valence electrons. The maximum absolute atomic E-state index is 11.9. The predicted octanol–water partition coefficient (Wildman–Crippen LogP) is 4.24. The van der Waals surface area contributed by atoms with Crippen molar-refractivity contribution in [2.24, 2.45) is 5.11 Å². The second-order valence-corrected chi connectivity index (χ2v) is 8.45. The number of esters is 1. The highest BCUT2D eigenvalue weighted by molar-refractivity contribution is 7.99. The van der Waals surface area contributed by atoms with E-state index in [1.54, 1.807) is 7.11 Å². The Hall–Kier alpha value is -2.75. The topological polar surface area (TPSA) is 112 Å². The van der Waals surface area contributed by atoms with E-state index in [0.29, 0.717) is 5.75 Å². The minimum atomic E-state index is -0.829. The van der Waals surface area contributed by atoms with Crippen LogP contribution in [-0.2, 0) is 23.7 Å². The van der Waals surface area contributed by atoms with Gasteiger partial charge in [-0.2, -0.15) is 0 Å². The number of ether oxygens (including phenoxy) is 5. The number of carbonyl (C=O) groups is 1. The van der Waals surface area contributed by atoms with Crippen LogP contribution < -0.4 is 4.74 Å². The second-order valence-electron chi connectivity index (χ2n) is 7.28. The Morgan fingerprint density at radius 1 is 1.16 bits per heavy atom. The highest BCUT2D eigenvalue weighted by Gasteiger charge is 2.51. The maximum atomic E-state index is 11.9. The molecule has 2 fully saturated rings. The van der Waals surface area contributed by atoms with Gasteiger partial charge in [0.05, 0.1) is 13.7 Å². The average Bonchev–Trinajstić information content (AvgIpc) is 2.81. The first-order valence-electron chi connectivity index (χ1n) is 10.1. The number of carbonyl (C=O) groups excluding carboxylic acids is 1. The van der Waals surface area contributed by atoms with Crippen LogP contribution in [0.3, 0.4) is 0 Å². The number of benzene rings is 2. The molecule has 9 nitrogen and oxygen atoms in total. The third kappa shape index (κ3) is 5.01. The Labute approximate surface area is 189 Å². The van der Waals surface area contributed by atoms with Crippen LogP contribution in [0.2, 0.25) is 0 Å². The van der Waals surface area contributed by atoms with E-state index in [0.717, 1.165) is 10.5 Å². The van der Waals surface area contributed by atoms with Gasteiger partial charge in [0.1, 0.15) is 35.5 Å². The summed E-state index contributed by atoms with van der Waals surface area (Å²) in [6, 6.07) is 16.1. The summed E-state index contributed by atoms with van der Waals surface area (Å²) in [4.78, 5) is 15.8. The van der Waals surface area contributed by atoms with Gasteiger partial charge in [0, 0.05) is 22.3 Å². The molecule has 6 atom stereocenters. The number of thioether (sulfide) groups is 1. The van der Waals surface area contributed by atoms with Crippen molar-refractivity contribution in [3.63, 3.8) is 0 Å². The summed E-state index contributed by atoms with van der Waals surface area (Å²) < 4.78 is 29.1. The highest BCUT2D eigenvalue weighted by atomic mass is 32.2. The summed E-state index contributed by atoms with van der Waals surface area (Å²) in [6.07, 6.45) is -2.65. The zero-order valence-corrected chi connectivity index (χ0v) is 18.4. The molecule has 2 heterocycles. The molecule has 4 rings (SSSR count). The molecule has 0 spiro atoms. The van der Waals surface area contributed by atoms with E-state index in [2.05, 4.69) is 10.0 Å². The van der Waals surface area contributed by atoms with E-state index in [9.17, 15) is 10.3 Å². The summed E-state index contributed by atoms with van der Waals surface area (Å²) in [5.74, 6) is 0.221. The summed E-state index contributed by atoms with van der Waals surface area (Å²) in [5.41, 5.74) is 9.44. The van der Waals surface area contributed by atoms with E-state index in [1.807, 2.05) is 54.6 Å². The van der Waals surface area contributed by atoms with E-state index < -0.39 is 42.0 Å². The van der Waals surface area contributed by atoms with Crippen LogP contribution in [0.15, 0.2) is 64.6 Å². The zero-order valence-electron chi connectivity index (χ0n) is 17.6. The van der Waals surface area contributed by atoms with Crippen molar-refractivity contribution in [2.75, 3.05) is 13.7 Å². The molecule has 2 aliphatic heterocycles. The first kappa shape index (κ1) is 22.4. The van der Waals surface area contributed by atoms with Crippen molar-refractivity contribution in [3.8, 4) is 5.75 Å². The molecular formula is C22H23N3O6S. The van der Waals surface area contributed by atoms with E-state index in [1.165, 1.54) is 18.7 Å². The van der Waals surface area contributed by atoms with Gasteiger partial charge in [-0.3, -0.25) is 4.79 Å². The van der Waals surface area contributed by atoms with E-state index in [4.69, 9.17) is 23.7 Å². The minimum absolute atomic E-state index is 0.234. The van der Waals surface area contributed by atoms with Crippen molar-refractivity contribution < 1.29 is 28.5 Å². The first-order valence-corrected chi connectivity index (χ1v) is 11.0. The quantitative estimate of drug-likeness (QED) is 0.276. The SMILES string of the molecule is COc1ccc(C2OC[C@H]3O[C@@H](Sc4ccccc4)[C@H](OC(C)=O)[C@@H](N=[N+]=[N-])[C@H]3O2)cc1. The van der Waals surface area contributed by atoms with Gasteiger partial charge in [0.2, 0.25) is 0 Å². The first-order chi connectivity index (χ1) is 15.6. The third-order valence-corrected chi connectivity index (χ3v) is 6.34. The minimum Gasteiger partial charge on any atom is -0.497 e. The Morgan fingerprint density at radius 2 is 1.91 bits per heavy atom. The molecule has 0 amide bonds. The molecular weight excluding hydrogens is 434 g/mol. The molecule has 32 heavy (non-hydrogen) atoms. The Balaban J connectivity index is 1.59. The Bertz CT molecular complexity index is 969. The molecule has 0 bridgehead atoms. The van der Waals surface area contributed by atoms with Gasteiger partial charge in [-0.1, -0.05) is 47.2 Å². The molecule has 0 aliphatic carbocycles. The second kappa shape index (κ2) is 10.2. The summed E-state index contributed by atoms with van der Waals surface area (Å²) in [5, 5.41) is 3.96. The largest absolute Gasteiger partial charge is 0.497 e. The lowest BCUT2D eigenvalue weighted by atomic mass is 9.96.